The molecule has 0 bridgehead atoms. The molecule has 3 heterocycles. The smallest absolute Gasteiger partial charge is 0.318 e. The van der Waals surface area contributed by atoms with Crippen LogP contribution in [0.3, 0.4) is 0 Å². The number of carboxylic acid groups (broad SMARTS) is 1. The second-order valence-corrected chi connectivity index (χ2v) is 9.95. The summed E-state index contributed by atoms with van der Waals surface area (Å²) in [4.78, 5) is 22.6. The van der Waals surface area contributed by atoms with Crippen molar-refractivity contribution < 1.29 is 14.6 Å². The molecule has 37 heavy (non-hydrogen) atoms. The van der Waals surface area contributed by atoms with Gasteiger partial charge in [-0.25, -0.2) is 4.98 Å². The van der Waals surface area contributed by atoms with E-state index in [1.54, 1.807) is 0 Å². The van der Waals surface area contributed by atoms with E-state index in [9.17, 15) is 9.90 Å². The van der Waals surface area contributed by atoms with Gasteiger partial charge in [-0.05, 0) is 49.7 Å². The number of benzene rings is 3. The van der Waals surface area contributed by atoms with Crippen LogP contribution < -0.4 is 9.64 Å². The Morgan fingerprint density at radius 2 is 1.46 bits per heavy atom. The first kappa shape index (κ1) is 23.5. The minimum absolute atomic E-state index is 0.542. The summed E-state index contributed by atoms with van der Waals surface area (Å²) in [7, 11) is 0. The number of hydrogen-bond donors (Lipinski definition) is 1. The molecular weight excluding hydrogens is 462 g/mol. The van der Waals surface area contributed by atoms with Crippen LogP contribution in [0.15, 0.2) is 84.9 Å². The van der Waals surface area contributed by atoms with Gasteiger partial charge in [0.25, 0.3) is 0 Å². The molecule has 6 heteroatoms. The highest BCUT2D eigenvalue weighted by Gasteiger charge is 2.48. The van der Waals surface area contributed by atoms with Crippen molar-refractivity contribution in [2.24, 2.45) is 0 Å². The zero-order valence-electron chi connectivity index (χ0n) is 20.8. The summed E-state index contributed by atoms with van der Waals surface area (Å²) in [6.45, 7) is 4.83. The van der Waals surface area contributed by atoms with E-state index in [1.807, 2.05) is 60.7 Å². The average molecular weight is 494 g/mol. The van der Waals surface area contributed by atoms with E-state index in [0.29, 0.717) is 17.9 Å². The van der Waals surface area contributed by atoms with Gasteiger partial charge in [0.15, 0.2) is 0 Å². The summed E-state index contributed by atoms with van der Waals surface area (Å²) in [6, 6.07) is 27.6. The maximum absolute atomic E-state index is 12.9. The highest BCUT2D eigenvalue weighted by molar-refractivity contribution is 5.89. The van der Waals surface area contributed by atoms with Crippen molar-refractivity contribution in [1.82, 2.24) is 9.88 Å². The van der Waals surface area contributed by atoms with Crippen molar-refractivity contribution in [2.45, 2.75) is 24.7 Å². The summed E-state index contributed by atoms with van der Waals surface area (Å²) in [6.07, 6.45) is 2.32. The Morgan fingerprint density at radius 3 is 2.16 bits per heavy atom. The van der Waals surface area contributed by atoms with Crippen LogP contribution >= 0.6 is 0 Å². The fraction of sp³-hybridized carbons (Fsp3) is 0.290. The molecule has 0 radical (unpaired) electrons. The number of rotatable bonds is 7. The molecular formula is C31H31N3O3. The van der Waals surface area contributed by atoms with Crippen molar-refractivity contribution in [3.05, 3.63) is 96.1 Å². The Bertz CT molecular complexity index is 1380. The van der Waals surface area contributed by atoms with E-state index in [1.165, 1.54) is 5.39 Å². The molecule has 6 rings (SSSR count). The number of unbranched alkanes of at least 4 members (excludes halogenated alkanes) is 1. The predicted octanol–water partition coefficient (Wildman–Crippen LogP) is 5.70. The monoisotopic (exact) mass is 493 g/mol. The molecule has 4 aromatic rings. The van der Waals surface area contributed by atoms with Gasteiger partial charge in [0.05, 0.1) is 5.52 Å². The Kier molecular flexibility index (Phi) is 6.26. The zero-order chi connectivity index (χ0) is 25.2. The molecule has 1 saturated heterocycles. The number of ether oxygens (including phenoxy) is 1. The lowest BCUT2D eigenvalue weighted by Gasteiger charge is -2.37. The van der Waals surface area contributed by atoms with E-state index >= 15 is 0 Å². The molecule has 0 atom stereocenters. The quantitative estimate of drug-likeness (QED) is 0.333. The van der Waals surface area contributed by atoms with Crippen molar-refractivity contribution in [2.75, 3.05) is 37.6 Å². The number of fused-ring (bicyclic) bond motifs is 3. The van der Waals surface area contributed by atoms with Crippen LogP contribution in [0.5, 0.6) is 11.5 Å². The number of carboxylic acids is 1. The average Bonchev–Trinajstić information content (AvgIpc) is 2.94. The highest BCUT2D eigenvalue weighted by atomic mass is 16.5. The molecule has 6 nitrogen and oxygen atoms in total. The van der Waals surface area contributed by atoms with Crippen molar-refractivity contribution in [3.8, 4) is 11.5 Å². The third-order valence-corrected chi connectivity index (χ3v) is 7.83. The standard InChI is InChI=1S/C31H31N3O3/c35-30(36)31(24-10-2-5-13-27(24)37-28-14-6-3-11-25(28)31)17-7-8-18-33-19-21-34(22-20-33)29-16-15-23-9-1-4-12-26(23)32-29/h1-6,9-16H,7-8,17-22H2,(H,35,36). The third kappa shape index (κ3) is 4.31. The molecule has 188 valence electrons. The molecule has 2 aliphatic rings. The van der Waals surface area contributed by atoms with Gasteiger partial charge in [0.2, 0.25) is 0 Å². The topological polar surface area (TPSA) is 65.9 Å². The second-order valence-electron chi connectivity index (χ2n) is 9.95. The molecule has 3 aromatic carbocycles. The molecule has 1 N–H and O–H groups in total. The van der Waals surface area contributed by atoms with E-state index in [4.69, 9.17) is 9.72 Å². The Balaban J connectivity index is 1.09. The summed E-state index contributed by atoms with van der Waals surface area (Å²) in [5.74, 6) is 1.51. The van der Waals surface area contributed by atoms with Gasteiger partial charge < -0.3 is 14.7 Å². The summed E-state index contributed by atoms with van der Waals surface area (Å²) >= 11 is 0. The van der Waals surface area contributed by atoms with Crippen molar-refractivity contribution in [1.29, 1.82) is 0 Å². The van der Waals surface area contributed by atoms with E-state index < -0.39 is 11.4 Å². The Labute approximate surface area is 217 Å². The Morgan fingerprint density at radius 1 is 0.811 bits per heavy atom. The highest BCUT2D eigenvalue weighted by Crippen LogP contribution is 2.50. The fourth-order valence-corrected chi connectivity index (χ4v) is 5.84. The first-order valence-electron chi connectivity index (χ1n) is 13.1. The zero-order valence-corrected chi connectivity index (χ0v) is 20.8. The first-order valence-corrected chi connectivity index (χ1v) is 13.1. The number of anilines is 1. The molecule has 1 aromatic heterocycles. The van der Waals surface area contributed by atoms with E-state index in [2.05, 4.69) is 34.1 Å². The normalized spacial score (nSPS) is 16.6. The molecule has 0 spiro atoms. The van der Waals surface area contributed by atoms with Gasteiger partial charge in [-0.1, -0.05) is 61.0 Å². The van der Waals surface area contributed by atoms with Crippen LogP contribution in [0.25, 0.3) is 10.9 Å². The second kappa shape index (κ2) is 9.87. The third-order valence-electron chi connectivity index (χ3n) is 7.83. The van der Waals surface area contributed by atoms with Crippen LogP contribution in [-0.4, -0.2) is 53.7 Å². The van der Waals surface area contributed by atoms with Crippen LogP contribution in [0.2, 0.25) is 0 Å². The van der Waals surface area contributed by atoms with Gasteiger partial charge in [-0.2, -0.15) is 0 Å². The number of carbonyl (C=O) groups is 1. The largest absolute Gasteiger partial charge is 0.480 e. The van der Waals surface area contributed by atoms with Crippen LogP contribution in [0, 0.1) is 0 Å². The molecule has 0 aliphatic carbocycles. The number of piperazine rings is 1. The lowest BCUT2D eigenvalue weighted by Crippen LogP contribution is -2.47. The number of pyridine rings is 1. The molecule has 0 saturated carbocycles. The Hall–Kier alpha value is -3.90. The number of hydrogen-bond acceptors (Lipinski definition) is 5. The molecule has 2 aliphatic heterocycles. The molecule has 1 fully saturated rings. The SMILES string of the molecule is O=C(O)C1(CCCCN2CCN(c3ccc4ccccc4n3)CC2)c2ccccc2Oc2ccccc21. The van der Waals surface area contributed by atoms with Crippen LogP contribution in [0.4, 0.5) is 5.82 Å². The number of nitrogens with zero attached hydrogens (tertiary/aromatic N) is 3. The van der Waals surface area contributed by atoms with E-state index in [0.717, 1.165) is 68.0 Å². The minimum Gasteiger partial charge on any atom is -0.480 e. The van der Waals surface area contributed by atoms with Crippen LogP contribution in [-0.2, 0) is 10.2 Å². The predicted molar refractivity (Wildman–Crippen MR) is 146 cm³/mol. The molecule has 0 amide bonds. The van der Waals surface area contributed by atoms with E-state index in [-0.39, 0.29) is 0 Å². The number of aliphatic carboxylic acids is 1. The lowest BCUT2D eigenvalue weighted by molar-refractivity contribution is -0.142. The van der Waals surface area contributed by atoms with Crippen molar-refractivity contribution in [3.63, 3.8) is 0 Å². The minimum atomic E-state index is -1.09. The van der Waals surface area contributed by atoms with Crippen LogP contribution in [0.1, 0.15) is 30.4 Å². The van der Waals surface area contributed by atoms with Crippen molar-refractivity contribution >= 4 is 22.7 Å². The number of aromatic nitrogens is 1. The van der Waals surface area contributed by atoms with Gasteiger partial charge in [-0.3, -0.25) is 9.69 Å². The molecule has 0 unspecified atom stereocenters. The summed E-state index contributed by atoms with van der Waals surface area (Å²) in [5.41, 5.74) is 1.44. The first-order chi connectivity index (χ1) is 18.1. The van der Waals surface area contributed by atoms with Gasteiger partial charge in [0.1, 0.15) is 22.7 Å². The van der Waals surface area contributed by atoms with Gasteiger partial charge in [0, 0.05) is 42.7 Å². The van der Waals surface area contributed by atoms with Gasteiger partial charge in [-0.15, -0.1) is 0 Å². The fourth-order valence-electron chi connectivity index (χ4n) is 5.84. The van der Waals surface area contributed by atoms with Gasteiger partial charge >= 0.3 is 5.97 Å². The maximum atomic E-state index is 12.9. The lowest BCUT2D eigenvalue weighted by atomic mass is 9.69. The maximum Gasteiger partial charge on any atom is 0.318 e. The number of para-hydroxylation sites is 3. The summed E-state index contributed by atoms with van der Waals surface area (Å²) in [5, 5.41) is 11.7. The summed E-state index contributed by atoms with van der Waals surface area (Å²) < 4.78 is 6.07.